The van der Waals surface area contributed by atoms with Crippen LogP contribution in [0.15, 0.2) is 36.5 Å². The van der Waals surface area contributed by atoms with Gasteiger partial charge in [-0.25, -0.2) is 4.98 Å². The second-order valence-electron chi connectivity index (χ2n) is 3.91. The average Bonchev–Trinajstić information content (AvgIpc) is 2.46. The molecule has 0 amide bonds. The molecule has 0 saturated carbocycles. The van der Waals surface area contributed by atoms with Crippen LogP contribution in [-0.4, -0.2) is 17.2 Å². The van der Waals surface area contributed by atoms with Gasteiger partial charge < -0.3 is 14.6 Å². The maximum atomic E-state index is 9.20. The molecule has 19 heavy (non-hydrogen) atoms. The third kappa shape index (κ3) is 3.59. The third-order valence-corrected chi connectivity index (χ3v) is 2.84. The molecule has 0 aliphatic carbocycles. The van der Waals surface area contributed by atoms with E-state index in [0.29, 0.717) is 23.1 Å². The Hall–Kier alpha value is -1.78. The van der Waals surface area contributed by atoms with Gasteiger partial charge >= 0.3 is 0 Å². The monoisotopic (exact) mass is 279 g/mol. The molecule has 1 aromatic carbocycles. The molecule has 1 heterocycles. The second kappa shape index (κ2) is 6.41. The van der Waals surface area contributed by atoms with E-state index in [1.54, 1.807) is 13.2 Å². The molecule has 0 saturated heterocycles. The van der Waals surface area contributed by atoms with Crippen molar-refractivity contribution in [2.24, 2.45) is 0 Å². The molecule has 5 heteroatoms. The fraction of sp³-hybridized carbons (Fsp3) is 0.214. The highest BCUT2D eigenvalue weighted by Gasteiger charge is 2.05. The third-order valence-electron chi connectivity index (χ3n) is 2.63. The van der Waals surface area contributed by atoms with Gasteiger partial charge in [-0.05, 0) is 17.7 Å². The summed E-state index contributed by atoms with van der Waals surface area (Å²) in [4.78, 5) is 3.90. The number of nitrogens with zero attached hydrogens (tertiary/aromatic N) is 1. The van der Waals surface area contributed by atoms with Gasteiger partial charge in [-0.15, -0.1) is 0 Å². The molecule has 100 valence electrons. The lowest BCUT2D eigenvalue weighted by atomic mass is 10.2. The SMILES string of the molecule is COc1ccc(COc2cc(Cl)ncc2CO)cc1. The minimum atomic E-state index is -0.137. The van der Waals surface area contributed by atoms with Gasteiger partial charge in [0.1, 0.15) is 23.3 Å². The summed E-state index contributed by atoms with van der Waals surface area (Å²) in [5.41, 5.74) is 1.61. The smallest absolute Gasteiger partial charge is 0.132 e. The number of halogens is 1. The van der Waals surface area contributed by atoms with Crippen LogP contribution in [0.1, 0.15) is 11.1 Å². The number of aliphatic hydroxyl groups excluding tert-OH is 1. The lowest BCUT2D eigenvalue weighted by molar-refractivity contribution is 0.258. The van der Waals surface area contributed by atoms with Gasteiger partial charge in [0.15, 0.2) is 0 Å². The number of aromatic nitrogens is 1. The van der Waals surface area contributed by atoms with Crippen molar-refractivity contribution in [3.8, 4) is 11.5 Å². The Labute approximate surface area is 116 Å². The summed E-state index contributed by atoms with van der Waals surface area (Å²) < 4.78 is 10.7. The van der Waals surface area contributed by atoms with Crippen molar-refractivity contribution in [3.63, 3.8) is 0 Å². The summed E-state index contributed by atoms with van der Waals surface area (Å²) in [6, 6.07) is 9.16. The highest BCUT2D eigenvalue weighted by molar-refractivity contribution is 6.29. The molecule has 0 aliphatic rings. The van der Waals surface area contributed by atoms with E-state index in [0.717, 1.165) is 11.3 Å². The average molecular weight is 280 g/mol. The Morgan fingerprint density at radius 1 is 1.26 bits per heavy atom. The van der Waals surface area contributed by atoms with Gasteiger partial charge in [-0.2, -0.15) is 0 Å². The highest BCUT2D eigenvalue weighted by atomic mass is 35.5. The van der Waals surface area contributed by atoms with Crippen LogP contribution in [0.4, 0.5) is 0 Å². The van der Waals surface area contributed by atoms with Crippen LogP contribution in [0.25, 0.3) is 0 Å². The second-order valence-corrected chi connectivity index (χ2v) is 4.30. The molecule has 0 spiro atoms. The van der Waals surface area contributed by atoms with Crippen molar-refractivity contribution in [2.45, 2.75) is 13.2 Å². The number of benzene rings is 1. The molecule has 4 nitrogen and oxygen atoms in total. The summed E-state index contributed by atoms with van der Waals surface area (Å²) in [7, 11) is 1.62. The molecular formula is C14H14ClNO3. The number of pyridine rings is 1. The number of aliphatic hydroxyl groups is 1. The number of hydrogen-bond acceptors (Lipinski definition) is 4. The Balaban J connectivity index is 2.07. The van der Waals surface area contributed by atoms with Crippen molar-refractivity contribution in [1.82, 2.24) is 4.98 Å². The van der Waals surface area contributed by atoms with Gasteiger partial charge in [0.2, 0.25) is 0 Å². The maximum absolute atomic E-state index is 9.20. The molecule has 0 unspecified atom stereocenters. The van der Waals surface area contributed by atoms with Crippen LogP contribution in [0, 0.1) is 0 Å². The summed E-state index contributed by atoms with van der Waals surface area (Å²) in [6.07, 6.45) is 1.51. The molecule has 0 bridgehead atoms. The summed E-state index contributed by atoms with van der Waals surface area (Å²) >= 11 is 5.81. The molecule has 1 N–H and O–H groups in total. The number of rotatable bonds is 5. The normalized spacial score (nSPS) is 10.3. The van der Waals surface area contributed by atoms with Crippen LogP contribution in [0.3, 0.4) is 0 Å². The Morgan fingerprint density at radius 2 is 2.00 bits per heavy atom. The fourth-order valence-corrected chi connectivity index (χ4v) is 1.73. The number of hydrogen-bond donors (Lipinski definition) is 1. The van der Waals surface area contributed by atoms with Gasteiger partial charge in [0.05, 0.1) is 13.7 Å². The lowest BCUT2D eigenvalue weighted by Crippen LogP contribution is -1.99. The predicted molar refractivity (Wildman–Crippen MR) is 72.5 cm³/mol. The Bertz CT molecular complexity index is 543. The molecule has 1 aromatic heterocycles. The zero-order valence-corrected chi connectivity index (χ0v) is 11.2. The first-order chi connectivity index (χ1) is 9.22. The van der Waals surface area contributed by atoms with Crippen molar-refractivity contribution in [3.05, 3.63) is 52.8 Å². The van der Waals surface area contributed by atoms with Crippen LogP contribution in [-0.2, 0) is 13.2 Å². The number of methoxy groups -OCH3 is 1. The largest absolute Gasteiger partial charge is 0.497 e. The molecule has 0 fully saturated rings. The van der Waals surface area contributed by atoms with E-state index < -0.39 is 0 Å². The van der Waals surface area contributed by atoms with E-state index in [2.05, 4.69) is 4.98 Å². The van der Waals surface area contributed by atoms with E-state index >= 15 is 0 Å². The molecule has 0 aliphatic heterocycles. The lowest BCUT2D eigenvalue weighted by Gasteiger charge is -2.10. The van der Waals surface area contributed by atoms with Crippen molar-refractivity contribution < 1.29 is 14.6 Å². The summed E-state index contributed by atoms with van der Waals surface area (Å²) in [5, 5.41) is 9.53. The van der Waals surface area contributed by atoms with Crippen molar-refractivity contribution in [2.75, 3.05) is 7.11 Å². The standard InChI is InChI=1S/C14H14ClNO3/c1-18-12-4-2-10(3-5-12)9-19-13-6-14(15)16-7-11(13)8-17/h2-7,17H,8-9H2,1H3. The number of ether oxygens (including phenoxy) is 2. The maximum Gasteiger partial charge on any atom is 0.132 e. The van der Waals surface area contributed by atoms with Gasteiger partial charge in [0, 0.05) is 17.8 Å². The Kier molecular flexibility index (Phi) is 4.60. The molecular weight excluding hydrogens is 266 g/mol. The van der Waals surface area contributed by atoms with E-state index in [1.165, 1.54) is 6.20 Å². The van der Waals surface area contributed by atoms with E-state index in [9.17, 15) is 5.11 Å². The highest BCUT2D eigenvalue weighted by Crippen LogP contribution is 2.22. The zero-order chi connectivity index (χ0) is 13.7. The first kappa shape index (κ1) is 13.6. The fourth-order valence-electron chi connectivity index (χ4n) is 1.58. The van der Waals surface area contributed by atoms with Gasteiger partial charge in [-0.3, -0.25) is 0 Å². The molecule has 0 atom stereocenters. The minimum absolute atomic E-state index is 0.137. The summed E-state index contributed by atoms with van der Waals surface area (Å²) in [5.74, 6) is 1.34. The Morgan fingerprint density at radius 3 is 2.63 bits per heavy atom. The van der Waals surface area contributed by atoms with E-state index in [1.807, 2.05) is 24.3 Å². The molecule has 0 radical (unpaired) electrons. The van der Waals surface area contributed by atoms with Crippen molar-refractivity contribution >= 4 is 11.6 Å². The van der Waals surface area contributed by atoms with Crippen LogP contribution < -0.4 is 9.47 Å². The van der Waals surface area contributed by atoms with Crippen LogP contribution in [0.5, 0.6) is 11.5 Å². The topological polar surface area (TPSA) is 51.6 Å². The van der Waals surface area contributed by atoms with E-state index in [4.69, 9.17) is 21.1 Å². The first-order valence-corrected chi connectivity index (χ1v) is 6.11. The zero-order valence-electron chi connectivity index (χ0n) is 10.5. The van der Waals surface area contributed by atoms with Gasteiger partial charge in [0.25, 0.3) is 0 Å². The minimum Gasteiger partial charge on any atom is -0.497 e. The molecule has 2 rings (SSSR count). The quantitative estimate of drug-likeness (QED) is 0.855. The van der Waals surface area contributed by atoms with Crippen LogP contribution >= 0.6 is 11.6 Å². The van der Waals surface area contributed by atoms with Crippen LogP contribution in [0.2, 0.25) is 5.15 Å². The van der Waals surface area contributed by atoms with E-state index in [-0.39, 0.29) is 6.61 Å². The summed E-state index contributed by atoms with van der Waals surface area (Å²) in [6.45, 7) is 0.249. The first-order valence-electron chi connectivity index (χ1n) is 5.74. The van der Waals surface area contributed by atoms with Crippen molar-refractivity contribution in [1.29, 1.82) is 0 Å². The predicted octanol–water partition coefficient (Wildman–Crippen LogP) is 2.81. The van der Waals surface area contributed by atoms with Gasteiger partial charge in [-0.1, -0.05) is 23.7 Å². The molecule has 2 aromatic rings.